The Balaban J connectivity index is 2.24. The molecule has 2 rings (SSSR count). The van der Waals surface area contributed by atoms with Gasteiger partial charge in [-0.05, 0) is 85.4 Å². The molecule has 96 valence electrons. The first-order valence-electron chi connectivity index (χ1n) is 5.43. The van der Waals surface area contributed by atoms with Crippen LogP contribution in [0.4, 0.5) is 5.69 Å². The van der Waals surface area contributed by atoms with Crippen LogP contribution in [0, 0.1) is 6.92 Å². The molecule has 1 heterocycles. The van der Waals surface area contributed by atoms with Crippen LogP contribution in [-0.4, -0.2) is 0 Å². The van der Waals surface area contributed by atoms with Gasteiger partial charge in [0.25, 0.3) is 0 Å². The zero-order valence-corrected chi connectivity index (χ0v) is 15.5. The maximum Gasteiger partial charge on any atom is 0.0634 e. The molecule has 0 bridgehead atoms. The zero-order valence-electron chi connectivity index (χ0n) is 9.93. The summed E-state index contributed by atoms with van der Waals surface area (Å²) in [5.41, 5.74) is 2.32. The van der Waals surface area contributed by atoms with Gasteiger partial charge < -0.3 is 5.32 Å². The number of halogens is 3. The minimum Gasteiger partial charge on any atom is -0.376 e. The van der Waals surface area contributed by atoms with Crippen molar-refractivity contribution in [2.24, 2.45) is 0 Å². The van der Waals surface area contributed by atoms with E-state index in [1.165, 1.54) is 10.4 Å². The molecule has 0 saturated carbocycles. The highest BCUT2D eigenvalue weighted by Gasteiger charge is 2.12. The third kappa shape index (κ3) is 3.38. The van der Waals surface area contributed by atoms with Crippen molar-refractivity contribution in [2.75, 3.05) is 5.32 Å². The SMILES string of the molecule is Cc1cc(Br)c(NC(C)c2cc(Br)cs2)c(Br)c1. The second kappa shape index (κ2) is 6.07. The van der Waals surface area contributed by atoms with E-state index in [-0.39, 0.29) is 6.04 Å². The molecule has 1 nitrogen and oxygen atoms in total. The van der Waals surface area contributed by atoms with Gasteiger partial charge in [-0.3, -0.25) is 0 Å². The van der Waals surface area contributed by atoms with E-state index in [2.05, 4.69) is 90.5 Å². The number of rotatable bonds is 3. The molecule has 1 unspecified atom stereocenters. The molecule has 0 aliphatic carbocycles. The van der Waals surface area contributed by atoms with E-state index in [1.54, 1.807) is 11.3 Å². The Morgan fingerprint density at radius 1 is 1.11 bits per heavy atom. The van der Waals surface area contributed by atoms with Gasteiger partial charge in [-0.2, -0.15) is 0 Å². The number of hydrogen-bond acceptors (Lipinski definition) is 2. The van der Waals surface area contributed by atoms with Gasteiger partial charge in [0, 0.05) is 23.7 Å². The first-order chi connectivity index (χ1) is 8.47. The van der Waals surface area contributed by atoms with E-state index in [1.807, 2.05) is 0 Å². The molecule has 0 amide bonds. The molecule has 1 N–H and O–H groups in total. The molecule has 0 fully saturated rings. The second-order valence-electron chi connectivity index (χ2n) is 4.14. The summed E-state index contributed by atoms with van der Waals surface area (Å²) in [4.78, 5) is 1.31. The van der Waals surface area contributed by atoms with Crippen LogP contribution in [-0.2, 0) is 0 Å². The van der Waals surface area contributed by atoms with Crippen molar-refractivity contribution in [3.63, 3.8) is 0 Å². The molecular formula is C13H12Br3NS. The third-order valence-electron chi connectivity index (χ3n) is 2.56. The van der Waals surface area contributed by atoms with E-state index in [4.69, 9.17) is 0 Å². The molecule has 0 saturated heterocycles. The molecule has 1 aromatic carbocycles. The van der Waals surface area contributed by atoms with E-state index < -0.39 is 0 Å². The lowest BCUT2D eigenvalue weighted by molar-refractivity contribution is 0.904. The van der Waals surface area contributed by atoms with Gasteiger partial charge in [-0.25, -0.2) is 0 Å². The Morgan fingerprint density at radius 2 is 1.72 bits per heavy atom. The van der Waals surface area contributed by atoms with E-state index >= 15 is 0 Å². The number of benzene rings is 1. The van der Waals surface area contributed by atoms with Gasteiger partial charge >= 0.3 is 0 Å². The van der Waals surface area contributed by atoms with Crippen LogP contribution in [0.2, 0.25) is 0 Å². The first kappa shape index (κ1) is 14.6. The minimum atomic E-state index is 0.275. The van der Waals surface area contributed by atoms with E-state index in [0.29, 0.717) is 0 Å². The highest BCUT2D eigenvalue weighted by atomic mass is 79.9. The van der Waals surface area contributed by atoms with Gasteiger partial charge in [-0.15, -0.1) is 11.3 Å². The van der Waals surface area contributed by atoms with Gasteiger partial charge in [0.05, 0.1) is 11.7 Å². The normalized spacial score (nSPS) is 12.5. The lowest BCUT2D eigenvalue weighted by Gasteiger charge is -2.17. The van der Waals surface area contributed by atoms with Crippen molar-refractivity contribution in [1.29, 1.82) is 0 Å². The topological polar surface area (TPSA) is 12.0 Å². The highest BCUT2D eigenvalue weighted by Crippen LogP contribution is 2.36. The van der Waals surface area contributed by atoms with Crippen molar-refractivity contribution < 1.29 is 0 Å². The quantitative estimate of drug-likeness (QED) is 0.558. The summed E-state index contributed by atoms with van der Waals surface area (Å²) in [6.07, 6.45) is 0. The maximum absolute atomic E-state index is 3.61. The number of thiophene rings is 1. The average Bonchev–Trinajstić information content (AvgIpc) is 2.70. The summed E-state index contributed by atoms with van der Waals surface area (Å²) < 4.78 is 3.30. The van der Waals surface area contributed by atoms with Crippen molar-refractivity contribution in [1.82, 2.24) is 0 Å². The summed E-state index contributed by atoms with van der Waals surface area (Å²) in [7, 11) is 0. The second-order valence-corrected chi connectivity index (χ2v) is 7.70. The van der Waals surface area contributed by atoms with Crippen LogP contribution in [0.5, 0.6) is 0 Å². The van der Waals surface area contributed by atoms with E-state index in [9.17, 15) is 0 Å². The van der Waals surface area contributed by atoms with Crippen LogP contribution in [0.25, 0.3) is 0 Å². The smallest absolute Gasteiger partial charge is 0.0634 e. The Hall–Kier alpha value is 0.160. The molecule has 18 heavy (non-hydrogen) atoms. The van der Waals surface area contributed by atoms with Crippen molar-refractivity contribution in [2.45, 2.75) is 19.9 Å². The number of anilines is 1. The van der Waals surface area contributed by atoms with Crippen LogP contribution >= 0.6 is 59.1 Å². The lowest BCUT2D eigenvalue weighted by Crippen LogP contribution is -2.06. The highest BCUT2D eigenvalue weighted by molar-refractivity contribution is 9.11. The monoisotopic (exact) mass is 451 g/mol. The molecule has 5 heteroatoms. The fourth-order valence-corrected chi connectivity index (χ4v) is 4.78. The molecule has 0 aliphatic rings. The Labute approximate surface area is 136 Å². The maximum atomic E-state index is 3.61. The molecule has 1 aromatic heterocycles. The minimum absolute atomic E-state index is 0.275. The first-order valence-corrected chi connectivity index (χ1v) is 8.69. The summed E-state index contributed by atoms with van der Waals surface area (Å²) >= 11 is 12.5. The van der Waals surface area contributed by atoms with Crippen LogP contribution in [0.3, 0.4) is 0 Å². The number of hydrogen-bond donors (Lipinski definition) is 1. The number of aryl methyl sites for hydroxylation is 1. The largest absolute Gasteiger partial charge is 0.376 e. The van der Waals surface area contributed by atoms with Crippen LogP contribution < -0.4 is 5.32 Å². The van der Waals surface area contributed by atoms with Crippen molar-refractivity contribution >= 4 is 64.8 Å². The summed E-state index contributed by atoms with van der Waals surface area (Å²) in [5.74, 6) is 0. The summed E-state index contributed by atoms with van der Waals surface area (Å²) in [6, 6.07) is 6.66. The molecule has 0 spiro atoms. The lowest BCUT2D eigenvalue weighted by atomic mass is 10.2. The van der Waals surface area contributed by atoms with Gasteiger partial charge in [0.15, 0.2) is 0 Å². The summed E-state index contributed by atoms with van der Waals surface area (Å²) in [5, 5.41) is 5.64. The predicted molar refractivity (Wildman–Crippen MR) is 90.6 cm³/mol. The predicted octanol–water partition coefficient (Wildman–Crippen LogP) is 6.52. The van der Waals surface area contributed by atoms with Crippen molar-refractivity contribution in [3.05, 3.63) is 47.4 Å². The molecule has 0 aliphatic heterocycles. The Bertz CT molecular complexity index is 542. The van der Waals surface area contributed by atoms with Crippen LogP contribution in [0.1, 0.15) is 23.4 Å². The molecule has 0 radical (unpaired) electrons. The fourth-order valence-electron chi connectivity index (χ4n) is 1.68. The average molecular weight is 454 g/mol. The van der Waals surface area contributed by atoms with Crippen LogP contribution in [0.15, 0.2) is 37.0 Å². The standard InChI is InChI=1S/C13H12Br3NS/c1-7-3-10(15)13(11(16)4-7)17-8(2)12-5-9(14)6-18-12/h3-6,8,17H,1-2H3. The number of nitrogens with one attached hydrogen (secondary N) is 1. The Kier molecular flexibility index (Phi) is 4.92. The molecular weight excluding hydrogens is 442 g/mol. The van der Waals surface area contributed by atoms with Gasteiger partial charge in [0.2, 0.25) is 0 Å². The van der Waals surface area contributed by atoms with E-state index in [0.717, 1.165) is 19.1 Å². The Morgan fingerprint density at radius 3 is 2.22 bits per heavy atom. The summed E-state index contributed by atoms with van der Waals surface area (Å²) in [6.45, 7) is 4.25. The zero-order chi connectivity index (χ0) is 13.3. The molecule has 2 aromatic rings. The van der Waals surface area contributed by atoms with Crippen molar-refractivity contribution in [3.8, 4) is 0 Å². The fraction of sp³-hybridized carbons (Fsp3) is 0.231. The molecule has 1 atom stereocenters. The van der Waals surface area contributed by atoms with Gasteiger partial charge in [-0.1, -0.05) is 0 Å². The van der Waals surface area contributed by atoms with Gasteiger partial charge in [0.1, 0.15) is 0 Å². The third-order valence-corrected chi connectivity index (χ3v) is 5.69.